The Morgan fingerprint density at radius 1 is 1.18 bits per heavy atom. The molecule has 0 spiro atoms. The van der Waals surface area contributed by atoms with E-state index in [-0.39, 0.29) is 18.7 Å². The Bertz CT molecular complexity index is 605. The molecule has 22 heavy (non-hydrogen) atoms. The van der Waals surface area contributed by atoms with E-state index in [0.717, 1.165) is 16.1 Å². The molecule has 2 amide bonds. The average molecular weight is 316 g/mol. The van der Waals surface area contributed by atoms with Crippen molar-refractivity contribution in [1.82, 2.24) is 5.32 Å². The van der Waals surface area contributed by atoms with Crippen LogP contribution in [0.3, 0.4) is 0 Å². The van der Waals surface area contributed by atoms with E-state index < -0.39 is 0 Å². The predicted octanol–water partition coefficient (Wildman–Crippen LogP) is 3.13. The molecule has 0 saturated heterocycles. The molecule has 0 fully saturated rings. The maximum Gasteiger partial charge on any atom is 0.319 e. The third-order valence-electron chi connectivity index (χ3n) is 3.21. The number of hydrogen-bond donors (Lipinski definition) is 3. The summed E-state index contributed by atoms with van der Waals surface area (Å²) in [6.45, 7) is -0.104. The maximum atomic E-state index is 12.0. The molecule has 2 rings (SSSR count). The van der Waals surface area contributed by atoms with E-state index in [1.807, 2.05) is 60.9 Å². The van der Waals surface area contributed by atoms with Crippen molar-refractivity contribution in [3.8, 4) is 0 Å². The monoisotopic (exact) mass is 316 g/mol. The van der Waals surface area contributed by atoms with E-state index in [1.54, 1.807) is 11.8 Å². The molecule has 0 aromatic heterocycles. The van der Waals surface area contributed by atoms with Crippen LogP contribution in [-0.2, 0) is 6.42 Å². The van der Waals surface area contributed by atoms with Gasteiger partial charge < -0.3 is 15.7 Å². The van der Waals surface area contributed by atoms with Gasteiger partial charge in [0.1, 0.15) is 0 Å². The SMILES string of the molecule is CSc1cccc(NC(=O)NC(CO)Cc2ccccc2)c1. The van der Waals surface area contributed by atoms with Crippen LogP contribution in [0.15, 0.2) is 59.5 Å². The highest BCUT2D eigenvalue weighted by molar-refractivity contribution is 7.98. The Hall–Kier alpha value is -1.98. The van der Waals surface area contributed by atoms with E-state index in [4.69, 9.17) is 0 Å². The van der Waals surface area contributed by atoms with Crippen molar-refractivity contribution in [2.45, 2.75) is 17.4 Å². The van der Waals surface area contributed by atoms with Gasteiger partial charge in [-0.15, -0.1) is 11.8 Å². The molecule has 3 N–H and O–H groups in total. The average Bonchev–Trinajstić information content (AvgIpc) is 2.55. The highest BCUT2D eigenvalue weighted by Crippen LogP contribution is 2.18. The lowest BCUT2D eigenvalue weighted by Gasteiger charge is -2.17. The van der Waals surface area contributed by atoms with Crippen molar-refractivity contribution in [2.75, 3.05) is 18.2 Å². The quantitative estimate of drug-likeness (QED) is 0.718. The van der Waals surface area contributed by atoms with Gasteiger partial charge in [-0.25, -0.2) is 4.79 Å². The number of benzene rings is 2. The van der Waals surface area contributed by atoms with Crippen LogP contribution >= 0.6 is 11.8 Å². The van der Waals surface area contributed by atoms with Crippen LogP contribution < -0.4 is 10.6 Å². The summed E-state index contributed by atoms with van der Waals surface area (Å²) in [5.74, 6) is 0. The Labute approximate surface area is 134 Å². The van der Waals surface area contributed by atoms with E-state index in [0.29, 0.717) is 6.42 Å². The van der Waals surface area contributed by atoms with Crippen molar-refractivity contribution < 1.29 is 9.90 Å². The standard InChI is InChI=1S/C17H20N2O2S/c1-22-16-9-5-8-14(11-16)18-17(21)19-15(12-20)10-13-6-3-2-4-7-13/h2-9,11,15,20H,10,12H2,1H3,(H2,18,19,21). The summed E-state index contributed by atoms with van der Waals surface area (Å²) in [6, 6.07) is 16.8. The Balaban J connectivity index is 1.91. The Morgan fingerprint density at radius 3 is 2.64 bits per heavy atom. The van der Waals surface area contributed by atoms with Crippen LogP contribution in [0.5, 0.6) is 0 Å². The highest BCUT2D eigenvalue weighted by Gasteiger charge is 2.12. The summed E-state index contributed by atoms with van der Waals surface area (Å²) < 4.78 is 0. The fraction of sp³-hybridized carbons (Fsp3) is 0.235. The number of rotatable bonds is 6. The molecule has 1 atom stereocenters. The third-order valence-corrected chi connectivity index (χ3v) is 3.93. The molecule has 0 aliphatic carbocycles. The van der Waals surface area contributed by atoms with Crippen molar-refractivity contribution in [1.29, 1.82) is 0 Å². The smallest absolute Gasteiger partial charge is 0.319 e. The number of aliphatic hydroxyl groups is 1. The zero-order valence-electron chi connectivity index (χ0n) is 12.5. The Morgan fingerprint density at radius 2 is 1.95 bits per heavy atom. The minimum atomic E-state index is -0.314. The second-order valence-corrected chi connectivity index (χ2v) is 5.78. The number of carbonyl (C=O) groups is 1. The molecule has 0 heterocycles. The molecular weight excluding hydrogens is 296 g/mol. The zero-order chi connectivity index (χ0) is 15.8. The van der Waals surface area contributed by atoms with Crippen molar-refractivity contribution >= 4 is 23.5 Å². The van der Waals surface area contributed by atoms with E-state index >= 15 is 0 Å². The summed E-state index contributed by atoms with van der Waals surface area (Å²) in [7, 11) is 0. The van der Waals surface area contributed by atoms with Crippen molar-refractivity contribution in [3.05, 3.63) is 60.2 Å². The van der Waals surface area contributed by atoms with Crippen LogP contribution in [0, 0.1) is 0 Å². The largest absolute Gasteiger partial charge is 0.394 e. The number of aliphatic hydroxyl groups excluding tert-OH is 1. The van der Waals surface area contributed by atoms with Gasteiger partial charge >= 0.3 is 6.03 Å². The van der Waals surface area contributed by atoms with Crippen LogP contribution in [0.4, 0.5) is 10.5 Å². The number of anilines is 1. The topological polar surface area (TPSA) is 61.4 Å². The molecule has 5 heteroatoms. The molecule has 0 aliphatic heterocycles. The van der Waals surface area contributed by atoms with E-state index in [1.165, 1.54) is 0 Å². The van der Waals surface area contributed by atoms with Gasteiger partial charge in [0.25, 0.3) is 0 Å². The fourth-order valence-corrected chi connectivity index (χ4v) is 2.57. The maximum absolute atomic E-state index is 12.0. The van der Waals surface area contributed by atoms with Gasteiger partial charge in [0.15, 0.2) is 0 Å². The molecule has 4 nitrogen and oxygen atoms in total. The molecule has 0 bridgehead atoms. The van der Waals surface area contributed by atoms with E-state index in [9.17, 15) is 9.90 Å². The highest BCUT2D eigenvalue weighted by atomic mass is 32.2. The van der Waals surface area contributed by atoms with Crippen molar-refractivity contribution in [3.63, 3.8) is 0 Å². The summed E-state index contributed by atoms with van der Waals surface area (Å²) >= 11 is 1.62. The molecule has 0 saturated carbocycles. The minimum Gasteiger partial charge on any atom is -0.394 e. The van der Waals surface area contributed by atoms with Crippen LogP contribution in [0.1, 0.15) is 5.56 Å². The molecule has 2 aromatic rings. The van der Waals surface area contributed by atoms with Gasteiger partial charge in [-0.3, -0.25) is 0 Å². The van der Waals surface area contributed by atoms with Gasteiger partial charge in [0.2, 0.25) is 0 Å². The molecule has 2 aromatic carbocycles. The lowest BCUT2D eigenvalue weighted by atomic mass is 10.1. The minimum absolute atomic E-state index is 0.104. The number of urea groups is 1. The molecule has 0 aliphatic rings. The normalized spacial score (nSPS) is 11.7. The van der Waals surface area contributed by atoms with Gasteiger partial charge in [0, 0.05) is 10.6 Å². The molecule has 0 radical (unpaired) electrons. The molecular formula is C17H20N2O2S. The van der Waals surface area contributed by atoms with E-state index in [2.05, 4.69) is 10.6 Å². The summed E-state index contributed by atoms with van der Waals surface area (Å²) in [5, 5.41) is 15.0. The lowest BCUT2D eigenvalue weighted by Crippen LogP contribution is -2.41. The number of amides is 2. The first-order valence-corrected chi connectivity index (χ1v) is 8.30. The molecule has 116 valence electrons. The first-order chi connectivity index (χ1) is 10.7. The summed E-state index contributed by atoms with van der Waals surface area (Å²) in [6.07, 6.45) is 2.58. The number of thioether (sulfide) groups is 1. The second kappa shape index (κ2) is 8.46. The van der Waals surface area contributed by atoms with Gasteiger partial charge in [0.05, 0.1) is 12.6 Å². The first-order valence-electron chi connectivity index (χ1n) is 7.07. The Kier molecular flexibility index (Phi) is 6.30. The fourth-order valence-electron chi connectivity index (χ4n) is 2.11. The third kappa shape index (κ3) is 5.09. The van der Waals surface area contributed by atoms with Crippen LogP contribution in [-0.4, -0.2) is 30.0 Å². The zero-order valence-corrected chi connectivity index (χ0v) is 13.3. The van der Waals surface area contributed by atoms with Crippen LogP contribution in [0.25, 0.3) is 0 Å². The number of hydrogen-bond acceptors (Lipinski definition) is 3. The summed E-state index contributed by atoms with van der Waals surface area (Å²) in [5.41, 5.74) is 1.81. The second-order valence-electron chi connectivity index (χ2n) is 4.90. The first kappa shape index (κ1) is 16.4. The summed E-state index contributed by atoms with van der Waals surface area (Å²) in [4.78, 5) is 13.1. The predicted molar refractivity (Wildman–Crippen MR) is 91.4 cm³/mol. The van der Waals surface area contributed by atoms with Crippen molar-refractivity contribution in [2.24, 2.45) is 0 Å². The molecule has 1 unspecified atom stereocenters. The van der Waals surface area contributed by atoms with Gasteiger partial charge in [-0.2, -0.15) is 0 Å². The number of nitrogens with one attached hydrogen (secondary N) is 2. The van der Waals surface area contributed by atoms with Crippen LogP contribution in [0.2, 0.25) is 0 Å². The van der Waals surface area contributed by atoms with Gasteiger partial charge in [-0.05, 0) is 36.4 Å². The van der Waals surface area contributed by atoms with Gasteiger partial charge in [-0.1, -0.05) is 36.4 Å². The lowest BCUT2D eigenvalue weighted by molar-refractivity contribution is 0.224. The number of carbonyl (C=O) groups excluding carboxylic acids is 1.